The molecule has 1 saturated heterocycles. The van der Waals surface area contributed by atoms with Crippen molar-refractivity contribution >= 4 is 5.69 Å². The molecule has 2 unspecified atom stereocenters. The predicted octanol–water partition coefficient (Wildman–Crippen LogP) is 1.74. The molecule has 4 heteroatoms. The molecule has 0 aliphatic carbocycles. The lowest BCUT2D eigenvalue weighted by Gasteiger charge is -2.34. The van der Waals surface area contributed by atoms with Crippen molar-refractivity contribution in [3.63, 3.8) is 0 Å². The van der Waals surface area contributed by atoms with Gasteiger partial charge in [0.15, 0.2) is 0 Å². The van der Waals surface area contributed by atoms with Gasteiger partial charge in [-0.3, -0.25) is 0 Å². The summed E-state index contributed by atoms with van der Waals surface area (Å²) >= 11 is 0. The van der Waals surface area contributed by atoms with Crippen LogP contribution in [0.3, 0.4) is 0 Å². The number of hydrogen-bond acceptors (Lipinski definition) is 4. The summed E-state index contributed by atoms with van der Waals surface area (Å²) in [6, 6.07) is 7.47. The van der Waals surface area contributed by atoms with Crippen molar-refractivity contribution in [2.24, 2.45) is 5.92 Å². The maximum Gasteiger partial charge on any atom is 0.119 e. The number of aliphatic hydroxyl groups is 1. The molecule has 1 aliphatic rings. The van der Waals surface area contributed by atoms with Gasteiger partial charge in [0.25, 0.3) is 0 Å². The molecule has 2 atom stereocenters. The first-order valence-corrected chi connectivity index (χ1v) is 7.04. The summed E-state index contributed by atoms with van der Waals surface area (Å²) in [5, 5.41) is 9.82. The van der Waals surface area contributed by atoms with Crippen LogP contribution in [0.25, 0.3) is 0 Å². The van der Waals surface area contributed by atoms with Crippen LogP contribution in [0.5, 0.6) is 5.75 Å². The van der Waals surface area contributed by atoms with Gasteiger partial charge in [0.05, 0.1) is 12.7 Å². The fourth-order valence-corrected chi connectivity index (χ4v) is 2.36. The molecule has 19 heavy (non-hydrogen) atoms. The zero-order valence-electron chi connectivity index (χ0n) is 11.6. The van der Waals surface area contributed by atoms with Crippen molar-refractivity contribution in [3.8, 4) is 5.75 Å². The first-order chi connectivity index (χ1) is 9.15. The van der Waals surface area contributed by atoms with E-state index in [-0.39, 0.29) is 6.10 Å². The summed E-state index contributed by atoms with van der Waals surface area (Å²) in [5.41, 5.74) is 6.37. The van der Waals surface area contributed by atoms with E-state index in [1.807, 2.05) is 24.3 Å². The highest BCUT2D eigenvalue weighted by molar-refractivity contribution is 5.41. The number of likely N-dealkylation sites (tertiary alicyclic amines) is 1. The standard InChI is InChI=1S/C15H24N2O2/c1-12-7-9-17(11-15(12)18)8-2-10-19-14-5-3-13(16)4-6-14/h3-6,12,15,18H,2,7-11,16H2,1H3. The number of ether oxygens (including phenoxy) is 1. The second-order valence-electron chi connectivity index (χ2n) is 5.40. The quantitative estimate of drug-likeness (QED) is 0.628. The number of nitrogens with two attached hydrogens (primary N) is 1. The number of hydrogen-bond donors (Lipinski definition) is 2. The minimum absolute atomic E-state index is 0.174. The van der Waals surface area contributed by atoms with E-state index in [9.17, 15) is 5.11 Å². The van der Waals surface area contributed by atoms with Crippen LogP contribution >= 0.6 is 0 Å². The van der Waals surface area contributed by atoms with Gasteiger partial charge in [-0.2, -0.15) is 0 Å². The molecule has 0 saturated carbocycles. The third-order valence-corrected chi connectivity index (χ3v) is 3.77. The van der Waals surface area contributed by atoms with Crippen LogP contribution in [-0.2, 0) is 0 Å². The van der Waals surface area contributed by atoms with Gasteiger partial charge >= 0.3 is 0 Å². The molecular weight excluding hydrogens is 240 g/mol. The van der Waals surface area contributed by atoms with E-state index >= 15 is 0 Å². The lowest BCUT2D eigenvalue weighted by atomic mass is 9.96. The number of anilines is 1. The van der Waals surface area contributed by atoms with E-state index in [1.54, 1.807) is 0 Å². The van der Waals surface area contributed by atoms with E-state index in [0.29, 0.717) is 12.5 Å². The highest BCUT2D eigenvalue weighted by Gasteiger charge is 2.23. The van der Waals surface area contributed by atoms with E-state index in [1.165, 1.54) is 0 Å². The molecule has 0 amide bonds. The Morgan fingerprint density at radius 1 is 1.37 bits per heavy atom. The van der Waals surface area contributed by atoms with Gasteiger partial charge in [-0.1, -0.05) is 6.92 Å². The number of aliphatic hydroxyl groups excluding tert-OH is 1. The Hall–Kier alpha value is -1.26. The monoisotopic (exact) mass is 264 g/mol. The predicted molar refractivity (Wildman–Crippen MR) is 77.2 cm³/mol. The van der Waals surface area contributed by atoms with Crippen LogP contribution in [0.15, 0.2) is 24.3 Å². The van der Waals surface area contributed by atoms with E-state index in [0.717, 1.165) is 43.9 Å². The Balaban J connectivity index is 1.63. The van der Waals surface area contributed by atoms with Crippen LogP contribution in [0, 0.1) is 5.92 Å². The fraction of sp³-hybridized carbons (Fsp3) is 0.600. The summed E-state index contributed by atoms with van der Waals surface area (Å²) in [6.45, 7) is 5.68. The van der Waals surface area contributed by atoms with Gasteiger partial charge in [0, 0.05) is 18.8 Å². The topological polar surface area (TPSA) is 58.7 Å². The minimum atomic E-state index is -0.174. The van der Waals surface area contributed by atoms with Crippen LogP contribution in [-0.4, -0.2) is 42.4 Å². The zero-order chi connectivity index (χ0) is 13.7. The van der Waals surface area contributed by atoms with Crippen LogP contribution < -0.4 is 10.5 Å². The van der Waals surface area contributed by atoms with Crippen molar-refractivity contribution in [3.05, 3.63) is 24.3 Å². The summed E-state index contributed by atoms with van der Waals surface area (Å²) in [6.07, 6.45) is 1.89. The van der Waals surface area contributed by atoms with Crippen LogP contribution in [0.4, 0.5) is 5.69 Å². The molecule has 1 heterocycles. The number of piperidine rings is 1. The van der Waals surface area contributed by atoms with Crippen molar-refractivity contribution < 1.29 is 9.84 Å². The van der Waals surface area contributed by atoms with E-state index in [4.69, 9.17) is 10.5 Å². The summed E-state index contributed by atoms with van der Waals surface area (Å²) in [5.74, 6) is 1.30. The third kappa shape index (κ3) is 4.40. The van der Waals surface area contributed by atoms with Gasteiger partial charge in [0.1, 0.15) is 5.75 Å². The molecule has 0 radical (unpaired) electrons. The van der Waals surface area contributed by atoms with Crippen LogP contribution in [0.2, 0.25) is 0 Å². The Kier molecular flexibility index (Phi) is 5.05. The smallest absolute Gasteiger partial charge is 0.119 e. The lowest BCUT2D eigenvalue weighted by Crippen LogP contribution is -2.43. The molecule has 1 aromatic carbocycles. The largest absolute Gasteiger partial charge is 0.494 e. The normalized spacial score (nSPS) is 24.3. The second-order valence-corrected chi connectivity index (χ2v) is 5.40. The molecule has 1 fully saturated rings. The number of benzene rings is 1. The van der Waals surface area contributed by atoms with Gasteiger partial charge in [-0.25, -0.2) is 0 Å². The van der Waals surface area contributed by atoms with Crippen molar-refractivity contribution in [1.29, 1.82) is 0 Å². The molecule has 2 rings (SSSR count). The van der Waals surface area contributed by atoms with E-state index in [2.05, 4.69) is 11.8 Å². The first kappa shape index (κ1) is 14.2. The average Bonchev–Trinajstić information content (AvgIpc) is 2.41. The molecule has 106 valence electrons. The lowest BCUT2D eigenvalue weighted by molar-refractivity contribution is 0.0275. The van der Waals surface area contributed by atoms with Gasteiger partial charge in [-0.15, -0.1) is 0 Å². The van der Waals surface area contributed by atoms with Gasteiger partial charge in [0.2, 0.25) is 0 Å². The van der Waals surface area contributed by atoms with Gasteiger partial charge in [-0.05, 0) is 49.6 Å². The first-order valence-electron chi connectivity index (χ1n) is 7.04. The number of β-amino-alcohol motifs (C(OH)–C–C–N with tert-alkyl or cyclic N) is 1. The van der Waals surface area contributed by atoms with Crippen LogP contribution in [0.1, 0.15) is 19.8 Å². The van der Waals surface area contributed by atoms with E-state index < -0.39 is 0 Å². The average molecular weight is 264 g/mol. The van der Waals surface area contributed by atoms with Gasteiger partial charge < -0.3 is 20.5 Å². The molecule has 0 spiro atoms. The molecule has 4 nitrogen and oxygen atoms in total. The van der Waals surface area contributed by atoms with Crippen molar-refractivity contribution in [2.75, 3.05) is 32.0 Å². The number of rotatable bonds is 5. The van der Waals surface area contributed by atoms with Crippen molar-refractivity contribution in [1.82, 2.24) is 4.90 Å². The number of nitrogens with zero attached hydrogens (tertiary/aromatic N) is 1. The summed E-state index contributed by atoms with van der Waals surface area (Å²) in [7, 11) is 0. The number of nitrogen functional groups attached to an aromatic ring is 1. The molecule has 3 N–H and O–H groups in total. The fourth-order valence-electron chi connectivity index (χ4n) is 2.36. The minimum Gasteiger partial charge on any atom is -0.494 e. The second kappa shape index (κ2) is 6.78. The Morgan fingerprint density at radius 3 is 2.79 bits per heavy atom. The third-order valence-electron chi connectivity index (χ3n) is 3.77. The molecule has 0 aromatic heterocycles. The maximum absolute atomic E-state index is 9.82. The highest BCUT2D eigenvalue weighted by atomic mass is 16.5. The molecule has 1 aromatic rings. The highest BCUT2D eigenvalue weighted by Crippen LogP contribution is 2.17. The SMILES string of the molecule is CC1CCN(CCCOc2ccc(N)cc2)CC1O. The summed E-state index contributed by atoms with van der Waals surface area (Å²) < 4.78 is 5.66. The Morgan fingerprint density at radius 2 is 2.11 bits per heavy atom. The molecular formula is C15H24N2O2. The zero-order valence-corrected chi connectivity index (χ0v) is 11.6. The Labute approximate surface area is 115 Å². The maximum atomic E-state index is 9.82. The van der Waals surface area contributed by atoms with Crippen molar-refractivity contribution in [2.45, 2.75) is 25.9 Å². The Bertz CT molecular complexity index is 380. The molecule has 1 aliphatic heterocycles. The summed E-state index contributed by atoms with van der Waals surface area (Å²) in [4.78, 5) is 2.32. The molecule has 0 bridgehead atoms.